The van der Waals surface area contributed by atoms with E-state index in [1.54, 1.807) is 4.90 Å². The van der Waals surface area contributed by atoms with Crippen LogP contribution in [0.5, 0.6) is 0 Å². The molecule has 0 spiro atoms. The van der Waals surface area contributed by atoms with Gasteiger partial charge in [0.25, 0.3) is 0 Å². The van der Waals surface area contributed by atoms with Gasteiger partial charge >= 0.3 is 0 Å². The van der Waals surface area contributed by atoms with Gasteiger partial charge < -0.3 is 15.5 Å². The van der Waals surface area contributed by atoms with E-state index in [-0.39, 0.29) is 11.9 Å². The second-order valence-corrected chi connectivity index (χ2v) is 7.68. The minimum Gasteiger partial charge on any atom is -0.357 e. The zero-order valence-corrected chi connectivity index (χ0v) is 18.4. The molecule has 2 N–H and O–H groups in total. The Morgan fingerprint density at radius 1 is 1.32 bits per heavy atom. The van der Waals surface area contributed by atoms with Crippen LogP contribution in [0.15, 0.2) is 4.99 Å². The second-order valence-electron chi connectivity index (χ2n) is 7.68. The predicted molar refractivity (Wildman–Crippen MR) is 113 cm³/mol. The molecular weight excluding hydrogens is 354 g/mol. The van der Waals surface area contributed by atoms with Crippen LogP contribution in [0.3, 0.4) is 0 Å². The first-order valence-corrected chi connectivity index (χ1v) is 10.3. The summed E-state index contributed by atoms with van der Waals surface area (Å²) in [6.45, 7) is 10.4. The first-order valence-electron chi connectivity index (χ1n) is 10.3. The Morgan fingerprint density at radius 2 is 2.07 bits per heavy atom. The fourth-order valence-corrected chi connectivity index (χ4v) is 3.71. The van der Waals surface area contributed by atoms with E-state index in [1.807, 2.05) is 32.7 Å². The Labute approximate surface area is 169 Å². The summed E-state index contributed by atoms with van der Waals surface area (Å²) in [6.07, 6.45) is 3.05. The van der Waals surface area contributed by atoms with Crippen molar-refractivity contribution in [3.8, 4) is 0 Å². The minimum atomic E-state index is 0.0495. The molecular formula is C20H37N7O. The number of likely N-dealkylation sites (tertiary alicyclic amines) is 1. The Morgan fingerprint density at radius 3 is 2.68 bits per heavy atom. The Hall–Kier alpha value is -2.09. The molecule has 1 saturated heterocycles. The highest BCUT2D eigenvalue weighted by atomic mass is 16.2. The maximum Gasteiger partial charge on any atom is 0.239 e. The second kappa shape index (κ2) is 10.5. The highest BCUT2D eigenvalue weighted by Gasteiger charge is 2.30. The van der Waals surface area contributed by atoms with E-state index in [9.17, 15) is 4.79 Å². The number of aliphatic imine (C=N–C) groups is 1. The highest BCUT2D eigenvalue weighted by molar-refractivity contribution is 5.81. The third kappa shape index (κ3) is 5.70. The predicted octanol–water partition coefficient (Wildman–Crippen LogP) is 1.03. The lowest BCUT2D eigenvalue weighted by molar-refractivity contribution is -0.133. The van der Waals surface area contributed by atoms with Crippen molar-refractivity contribution in [3.63, 3.8) is 0 Å². The SMILES string of the molecule is CCNC(=NCc1c(C)nn(C)c1C)NCCCN1CCCC1C(=O)N(C)C. The zero-order chi connectivity index (χ0) is 20.7. The van der Waals surface area contributed by atoms with Gasteiger partial charge in [0.15, 0.2) is 5.96 Å². The van der Waals surface area contributed by atoms with Crippen molar-refractivity contribution in [2.75, 3.05) is 40.3 Å². The molecule has 0 bridgehead atoms. The third-order valence-corrected chi connectivity index (χ3v) is 5.40. The van der Waals surface area contributed by atoms with E-state index < -0.39 is 0 Å². The molecule has 1 aromatic rings. The summed E-state index contributed by atoms with van der Waals surface area (Å²) in [7, 11) is 5.64. The average Bonchev–Trinajstić information content (AvgIpc) is 3.21. The topological polar surface area (TPSA) is 77.8 Å². The van der Waals surface area contributed by atoms with Crippen molar-refractivity contribution >= 4 is 11.9 Å². The van der Waals surface area contributed by atoms with Gasteiger partial charge in [-0.2, -0.15) is 5.10 Å². The molecule has 0 aliphatic carbocycles. The summed E-state index contributed by atoms with van der Waals surface area (Å²) in [5, 5.41) is 11.2. The van der Waals surface area contributed by atoms with Crippen LogP contribution in [0.25, 0.3) is 0 Å². The van der Waals surface area contributed by atoms with Gasteiger partial charge in [0, 0.05) is 52.0 Å². The molecule has 1 atom stereocenters. The van der Waals surface area contributed by atoms with Gasteiger partial charge in [0.1, 0.15) is 0 Å². The molecule has 1 aliphatic heterocycles. The van der Waals surface area contributed by atoms with Gasteiger partial charge in [-0.05, 0) is 46.6 Å². The molecule has 1 fully saturated rings. The third-order valence-electron chi connectivity index (χ3n) is 5.40. The molecule has 1 aliphatic rings. The fourth-order valence-electron chi connectivity index (χ4n) is 3.71. The first-order chi connectivity index (χ1) is 13.3. The molecule has 1 unspecified atom stereocenters. The lowest BCUT2D eigenvalue weighted by atomic mass is 10.2. The number of likely N-dealkylation sites (N-methyl/N-ethyl adjacent to an activating group) is 1. The molecule has 8 nitrogen and oxygen atoms in total. The van der Waals surface area contributed by atoms with Gasteiger partial charge in [-0.15, -0.1) is 0 Å². The fraction of sp³-hybridized carbons (Fsp3) is 0.750. The summed E-state index contributed by atoms with van der Waals surface area (Å²) < 4.78 is 1.90. The van der Waals surface area contributed by atoms with Gasteiger partial charge in [-0.1, -0.05) is 0 Å². The molecule has 2 rings (SSSR count). The Kier molecular flexibility index (Phi) is 8.29. The van der Waals surface area contributed by atoms with Crippen molar-refractivity contribution in [2.45, 2.75) is 52.6 Å². The van der Waals surface area contributed by atoms with Crippen molar-refractivity contribution in [2.24, 2.45) is 12.0 Å². The Balaban J connectivity index is 1.83. The van der Waals surface area contributed by atoms with Crippen molar-refractivity contribution in [3.05, 3.63) is 17.0 Å². The lowest BCUT2D eigenvalue weighted by Crippen LogP contribution is -2.44. The van der Waals surface area contributed by atoms with Crippen molar-refractivity contribution in [1.29, 1.82) is 0 Å². The van der Waals surface area contributed by atoms with Crippen molar-refractivity contribution < 1.29 is 4.79 Å². The smallest absolute Gasteiger partial charge is 0.239 e. The van der Waals surface area contributed by atoms with Crippen LogP contribution in [-0.4, -0.2) is 77.8 Å². The minimum absolute atomic E-state index is 0.0495. The van der Waals surface area contributed by atoms with Crippen molar-refractivity contribution in [1.82, 2.24) is 30.2 Å². The normalized spacial score (nSPS) is 17.8. The summed E-state index contributed by atoms with van der Waals surface area (Å²) in [5.41, 5.74) is 3.37. The molecule has 1 amide bonds. The van der Waals surface area contributed by atoms with Gasteiger partial charge in [0.2, 0.25) is 5.91 Å². The molecule has 8 heteroatoms. The number of hydrogen-bond donors (Lipinski definition) is 2. The molecule has 0 aromatic carbocycles. The quantitative estimate of drug-likeness (QED) is 0.393. The van der Waals surface area contributed by atoms with Gasteiger partial charge in [0.05, 0.1) is 18.3 Å². The number of amides is 1. The van der Waals surface area contributed by atoms with E-state index in [0.717, 1.165) is 62.8 Å². The number of aryl methyl sites for hydroxylation is 2. The number of rotatable bonds is 8. The van der Waals surface area contributed by atoms with Crippen LogP contribution < -0.4 is 10.6 Å². The maximum absolute atomic E-state index is 12.3. The van der Waals surface area contributed by atoms with E-state index in [2.05, 4.69) is 34.5 Å². The number of aromatic nitrogens is 2. The number of carbonyl (C=O) groups excluding carboxylic acids is 1. The van der Waals surface area contributed by atoms with Crippen LogP contribution >= 0.6 is 0 Å². The molecule has 1 aromatic heterocycles. The highest BCUT2D eigenvalue weighted by Crippen LogP contribution is 2.18. The molecule has 0 saturated carbocycles. The largest absolute Gasteiger partial charge is 0.357 e. The summed E-state index contributed by atoms with van der Waals surface area (Å²) in [6, 6.07) is 0.0495. The number of nitrogens with zero attached hydrogens (tertiary/aromatic N) is 5. The standard InChI is InChI=1S/C20H37N7O/c1-7-21-20(23-14-17-15(2)24-26(6)16(17)3)22-11-9-13-27-12-8-10-18(27)19(28)25(4)5/h18H,7-14H2,1-6H3,(H2,21,22,23). The lowest BCUT2D eigenvalue weighted by Gasteiger charge is -2.26. The Bertz CT molecular complexity index is 680. The van der Waals surface area contributed by atoms with Crippen LogP contribution in [0, 0.1) is 13.8 Å². The van der Waals surface area contributed by atoms with E-state index in [0.29, 0.717) is 6.54 Å². The van der Waals surface area contributed by atoms with Crippen LogP contribution in [0.4, 0.5) is 0 Å². The molecule has 158 valence electrons. The summed E-state index contributed by atoms with van der Waals surface area (Å²) in [5.74, 6) is 1.05. The number of carbonyl (C=O) groups is 1. The van der Waals surface area contributed by atoms with Crippen LogP contribution in [0.1, 0.15) is 43.1 Å². The van der Waals surface area contributed by atoms with Crippen LogP contribution in [-0.2, 0) is 18.4 Å². The molecule has 0 radical (unpaired) electrons. The van der Waals surface area contributed by atoms with Crippen LogP contribution in [0.2, 0.25) is 0 Å². The van der Waals surface area contributed by atoms with Gasteiger partial charge in [-0.3, -0.25) is 14.4 Å². The van der Waals surface area contributed by atoms with E-state index in [1.165, 1.54) is 5.56 Å². The summed E-state index contributed by atoms with van der Waals surface area (Å²) >= 11 is 0. The van der Waals surface area contributed by atoms with E-state index in [4.69, 9.17) is 4.99 Å². The van der Waals surface area contributed by atoms with E-state index >= 15 is 0 Å². The average molecular weight is 392 g/mol. The number of nitrogens with one attached hydrogen (secondary N) is 2. The number of hydrogen-bond acceptors (Lipinski definition) is 4. The first kappa shape index (κ1) is 22.2. The monoisotopic (exact) mass is 391 g/mol. The number of guanidine groups is 1. The molecule has 2 heterocycles. The van der Waals surface area contributed by atoms with Gasteiger partial charge in [-0.25, -0.2) is 4.99 Å². The summed E-state index contributed by atoms with van der Waals surface area (Å²) in [4.78, 5) is 21.0. The zero-order valence-electron chi connectivity index (χ0n) is 18.4. The molecule has 28 heavy (non-hydrogen) atoms. The maximum atomic E-state index is 12.3.